The van der Waals surface area contributed by atoms with E-state index >= 15 is 0 Å². The topological polar surface area (TPSA) is 18.5 Å². The van der Waals surface area contributed by atoms with Crippen molar-refractivity contribution in [1.29, 1.82) is 0 Å². The molecular formula is C24H40O2Si. The van der Waals surface area contributed by atoms with Crippen molar-refractivity contribution < 1.29 is 9.16 Å². The Labute approximate surface area is 168 Å². The van der Waals surface area contributed by atoms with Gasteiger partial charge in [-0.05, 0) is 76.9 Å². The summed E-state index contributed by atoms with van der Waals surface area (Å²) in [5.74, 6) is 1.63. The maximum Gasteiger partial charge on any atom is 0.200 e. The first-order valence-electron chi connectivity index (χ1n) is 11.0. The van der Waals surface area contributed by atoms with Gasteiger partial charge in [-0.15, -0.1) is 0 Å². The molecule has 152 valence electrons. The minimum Gasteiger partial charge on any atom is -0.497 e. The summed E-state index contributed by atoms with van der Waals surface area (Å²) < 4.78 is 12.8. The zero-order chi connectivity index (χ0) is 20.0. The second kappa shape index (κ2) is 7.55. The lowest BCUT2D eigenvalue weighted by atomic mass is 9.66. The molecule has 2 nitrogen and oxygen atoms in total. The lowest BCUT2D eigenvalue weighted by Gasteiger charge is -2.49. The molecule has 0 saturated heterocycles. The molecule has 1 fully saturated rings. The average molecular weight is 389 g/mol. The minimum atomic E-state index is -1.84. The number of hydrogen-bond donors (Lipinski definition) is 0. The number of benzene rings is 1. The van der Waals surface area contributed by atoms with Crippen LogP contribution in [0.5, 0.6) is 5.75 Å². The number of rotatable bonds is 6. The fraction of sp³-hybridized carbons (Fsp3) is 0.750. The van der Waals surface area contributed by atoms with Crippen LogP contribution in [0, 0.1) is 5.41 Å². The molecule has 3 heteroatoms. The normalized spacial score (nSPS) is 28.0. The summed E-state index contributed by atoms with van der Waals surface area (Å²) in [4.78, 5) is 0. The van der Waals surface area contributed by atoms with Crippen molar-refractivity contribution in [3.63, 3.8) is 0 Å². The summed E-state index contributed by atoms with van der Waals surface area (Å²) in [7, 11) is -0.0763. The van der Waals surface area contributed by atoms with E-state index in [4.69, 9.17) is 9.16 Å². The molecule has 1 aromatic rings. The van der Waals surface area contributed by atoms with Crippen LogP contribution in [0.1, 0.15) is 84.8 Å². The molecule has 2 aliphatic carbocycles. The first-order chi connectivity index (χ1) is 12.7. The lowest BCUT2D eigenvalue weighted by Crippen LogP contribution is -2.53. The van der Waals surface area contributed by atoms with Crippen molar-refractivity contribution in [3.05, 3.63) is 29.3 Å². The van der Waals surface area contributed by atoms with Gasteiger partial charge in [-0.1, -0.05) is 54.5 Å². The van der Waals surface area contributed by atoms with Crippen LogP contribution in [0.15, 0.2) is 18.2 Å². The van der Waals surface area contributed by atoms with E-state index in [0.29, 0.717) is 28.6 Å². The minimum absolute atomic E-state index is 0.276. The van der Waals surface area contributed by atoms with Crippen LogP contribution in [-0.4, -0.2) is 21.5 Å². The molecule has 1 aromatic carbocycles. The third-order valence-corrected chi connectivity index (χ3v) is 14.1. The van der Waals surface area contributed by atoms with Crippen LogP contribution in [0.4, 0.5) is 0 Å². The van der Waals surface area contributed by atoms with Crippen LogP contribution in [-0.2, 0) is 10.8 Å². The predicted octanol–water partition coefficient (Wildman–Crippen LogP) is 7.09. The zero-order valence-electron chi connectivity index (χ0n) is 18.8. The monoisotopic (exact) mass is 388 g/mol. The number of aryl methyl sites for hydroxylation is 1. The molecule has 0 bridgehead atoms. The first kappa shape index (κ1) is 20.9. The third kappa shape index (κ3) is 3.29. The van der Waals surface area contributed by atoms with E-state index in [1.165, 1.54) is 24.8 Å². The predicted molar refractivity (Wildman–Crippen MR) is 117 cm³/mol. The Morgan fingerprint density at radius 3 is 2.19 bits per heavy atom. The van der Waals surface area contributed by atoms with Gasteiger partial charge in [-0.25, -0.2) is 0 Å². The van der Waals surface area contributed by atoms with Gasteiger partial charge in [0.25, 0.3) is 0 Å². The van der Waals surface area contributed by atoms with Gasteiger partial charge in [-0.2, -0.15) is 0 Å². The van der Waals surface area contributed by atoms with E-state index in [9.17, 15) is 0 Å². The highest BCUT2D eigenvalue weighted by atomic mass is 28.4. The molecule has 0 heterocycles. The fourth-order valence-corrected chi connectivity index (χ4v) is 12.3. The number of ether oxygens (including phenoxy) is 1. The Hall–Kier alpha value is -0.803. The van der Waals surface area contributed by atoms with E-state index < -0.39 is 8.32 Å². The summed E-state index contributed by atoms with van der Waals surface area (Å²) in [6.07, 6.45) is 5.28. The smallest absolute Gasteiger partial charge is 0.200 e. The lowest BCUT2D eigenvalue weighted by molar-refractivity contribution is 0.0511. The van der Waals surface area contributed by atoms with Crippen molar-refractivity contribution >= 4 is 8.32 Å². The van der Waals surface area contributed by atoms with Gasteiger partial charge in [0.05, 0.1) is 13.2 Å². The third-order valence-electron chi connectivity index (χ3n) is 7.96. The molecule has 0 N–H and O–H groups in total. The second-order valence-electron chi connectivity index (χ2n) is 10.1. The van der Waals surface area contributed by atoms with Gasteiger partial charge in [0.1, 0.15) is 5.75 Å². The molecule has 3 atom stereocenters. The number of fused-ring (bicyclic) bond motifs is 3. The zero-order valence-corrected chi connectivity index (χ0v) is 19.8. The van der Waals surface area contributed by atoms with Gasteiger partial charge in [-0.3, -0.25) is 0 Å². The molecule has 0 spiro atoms. The Kier molecular flexibility index (Phi) is 5.85. The summed E-state index contributed by atoms with van der Waals surface area (Å²) in [5.41, 5.74) is 5.29. The summed E-state index contributed by atoms with van der Waals surface area (Å²) in [6, 6.07) is 6.74. The Morgan fingerprint density at radius 1 is 1.00 bits per heavy atom. The second-order valence-corrected chi connectivity index (χ2v) is 15.5. The van der Waals surface area contributed by atoms with Gasteiger partial charge in [0.2, 0.25) is 8.32 Å². The molecule has 0 unspecified atom stereocenters. The molecule has 3 rings (SSSR count). The summed E-state index contributed by atoms with van der Waals surface area (Å²) in [6.45, 7) is 17.0. The molecule has 0 amide bonds. The van der Waals surface area contributed by atoms with E-state index in [1.54, 1.807) is 12.7 Å². The Balaban J connectivity index is 1.92. The molecule has 27 heavy (non-hydrogen) atoms. The van der Waals surface area contributed by atoms with Crippen LogP contribution >= 0.6 is 0 Å². The SMILES string of the molecule is COc1ccc2c(c1)CC[C@]1(C)[C@@H](O[Si](C(C)C)(C(C)C)C(C)C)CC[C@@H]21. The number of methoxy groups -OCH3 is 1. The van der Waals surface area contributed by atoms with E-state index in [1.807, 2.05) is 0 Å². The van der Waals surface area contributed by atoms with Gasteiger partial charge in [0, 0.05) is 0 Å². The maximum atomic E-state index is 7.33. The van der Waals surface area contributed by atoms with Crippen LogP contribution in [0.3, 0.4) is 0 Å². The van der Waals surface area contributed by atoms with Gasteiger partial charge in [0.15, 0.2) is 0 Å². The van der Waals surface area contributed by atoms with Crippen LogP contribution in [0.25, 0.3) is 0 Å². The van der Waals surface area contributed by atoms with E-state index in [2.05, 4.69) is 66.7 Å². The Bertz CT molecular complexity index is 645. The van der Waals surface area contributed by atoms with Crippen molar-refractivity contribution in [1.82, 2.24) is 0 Å². The average Bonchev–Trinajstić information content (AvgIpc) is 2.94. The van der Waals surface area contributed by atoms with Crippen molar-refractivity contribution in [2.75, 3.05) is 7.11 Å². The molecule has 0 aliphatic heterocycles. The molecule has 2 aliphatic rings. The fourth-order valence-electron chi connectivity index (χ4n) is 6.57. The largest absolute Gasteiger partial charge is 0.497 e. The van der Waals surface area contributed by atoms with Crippen molar-refractivity contribution in [3.8, 4) is 5.75 Å². The quantitative estimate of drug-likeness (QED) is 0.484. The number of hydrogen-bond acceptors (Lipinski definition) is 2. The van der Waals surface area contributed by atoms with Crippen molar-refractivity contribution in [2.45, 2.75) is 103 Å². The van der Waals surface area contributed by atoms with Gasteiger partial charge >= 0.3 is 0 Å². The first-order valence-corrected chi connectivity index (χ1v) is 13.2. The summed E-state index contributed by atoms with van der Waals surface area (Å²) >= 11 is 0. The molecule has 0 radical (unpaired) electrons. The highest BCUT2D eigenvalue weighted by Crippen LogP contribution is 2.59. The standard InChI is InChI=1S/C24H40O2Si/c1-16(2)27(17(3)4,18(5)6)26-23-12-11-22-21-10-9-20(25-8)15-19(21)13-14-24(22,23)7/h9-10,15-18,22-23H,11-14H2,1-8H3/t22-,23-,24-/m0/s1. The molecule has 0 aromatic heterocycles. The van der Waals surface area contributed by atoms with E-state index in [0.717, 1.165) is 12.2 Å². The molecular weight excluding hydrogens is 348 g/mol. The van der Waals surface area contributed by atoms with Crippen LogP contribution < -0.4 is 4.74 Å². The summed E-state index contributed by atoms with van der Waals surface area (Å²) in [5, 5.41) is 0. The van der Waals surface area contributed by atoms with Crippen LogP contribution in [0.2, 0.25) is 16.6 Å². The van der Waals surface area contributed by atoms with Crippen molar-refractivity contribution in [2.24, 2.45) is 5.41 Å². The Morgan fingerprint density at radius 2 is 1.63 bits per heavy atom. The maximum absolute atomic E-state index is 7.33. The highest BCUT2D eigenvalue weighted by Gasteiger charge is 2.55. The van der Waals surface area contributed by atoms with Gasteiger partial charge < -0.3 is 9.16 Å². The highest BCUT2D eigenvalue weighted by molar-refractivity contribution is 6.77. The van der Waals surface area contributed by atoms with E-state index in [-0.39, 0.29) is 5.41 Å². The molecule has 1 saturated carbocycles.